The van der Waals surface area contributed by atoms with Gasteiger partial charge in [-0.3, -0.25) is 9.59 Å². The number of nitrogens with one attached hydrogen (secondary N) is 2. The molecule has 2 atom stereocenters. The number of carbonyl (C=O) groups excluding carboxylic acids is 2. The summed E-state index contributed by atoms with van der Waals surface area (Å²) in [7, 11) is 0. The first-order valence-corrected chi connectivity index (χ1v) is 14.6. The molecule has 4 aromatic carbocycles. The highest BCUT2D eigenvalue weighted by Gasteiger charge is 2.38. The molecular weight excluding hydrogens is 530 g/mol. The van der Waals surface area contributed by atoms with Crippen LogP contribution in [0.1, 0.15) is 72.6 Å². The molecule has 2 N–H and O–H groups in total. The Bertz CT molecular complexity index is 1750. The van der Waals surface area contributed by atoms with Gasteiger partial charge in [-0.15, -0.1) is 0 Å². The normalized spacial score (nSPS) is 21.3. The number of carbonyl (C=O) groups is 2. The van der Waals surface area contributed by atoms with Gasteiger partial charge in [0.05, 0.1) is 11.4 Å². The van der Waals surface area contributed by atoms with Gasteiger partial charge in [-0.05, 0) is 72.2 Å². The molecule has 0 aromatic heterocycles. The predicted octanol–water partition coefficient (Wildman–Crippen LogP) is 8.25. The largest absolute Gasteiger partial charge is 0.358 e. The van der Waals surface area contributed by atoms with Crippen molar-refractivity contribution in [2.75, 3.05) is 10.6 Å². The SMILES string of the molecule is O=C1CCCC2=C1C(c1ccc(F)cc1)c1ccc3c4c(ccc3c1N2)C(c1ccc(F)cc1)C1=C(CCCC1=O)N4. The quantitative estimate of drug-likeness (QED) is 0.260. The zero-order valence-electron chi connectivity index (χ0n) is 22.9. The van der Waals surface area contributed by atoms with Gasteiger partial charge in [-0.2, -0.15) is 0 Å². The molecule has 4 nitrogen and oxygen atoms in total. The summed E-state index contributed by atoms with van der Waals surface area (Å²) in [5.41, 5.74) is 9.12. The molecule has 42 heavy (non-hydrogen) atoms. The first kappa shape index (κ1) is 25.2. The van der Waals surface area contributed by atoms with E-state index in [1.54, 1.807) is 24.3 Å². The van der Waals surface area contributed by atoms with Gasteiger partial charge in [0.1, 0.15) is 11.6 Å². The molecule has 0 saturated carbocycles. The number of anilines is 2. The fourth-order valence-electron chi connectivity index (χ4n) is 7.47. The maximum Gasteiger partial charge on any atom is 0.161 e. The number of halogens is 2. The van der Waals surface area contributed by atoms with Crippen LogP contribution in [-0.2, 0) is 9.59 Å². The van der Waals surface area contributed by atoms with E-state index in [1.165, 1.54) is 24.3 Å². The fraction of sp³-hybridized carbons (Fsp3) is 0.222. The van der Waals surface area contributed by atoms with Crippen LogP contribution in [0.5, 0.6) is 0 Å². The minimum absolute atomic E-state index is 0.138. The Hall–Kier alpha value is -4.58. The van der Waals surface area contributed by atoms with E-state index in [9.17, 15) is 18.4 Å². The molecule has 0 amide bonds. The third-order valence-corrected chi connectivity index (χ3v) is 9.34. The van der Waals surface area contributed by atoms with E-state index >= 15 is 0 Å². The van der Waals surface area contributed by atoms with Crippen molar-refractivity contribution in [3.8, 4) is 0 Å². The van der Waals surface area contributed by atoms with Crippen molar-refractivity contribution in [2.45, 2.75) is 50.4 Å². The highest BCUT2D eigenvalue weighted by molar-refractivity contribution is 6.10. The van der Waals surface area contributed by atoms with Crippen molar-refractivity contribution in [3.05, 3.63) is 129 Å². The van der Waals surface area contributed by atoms with E-state index in [0.29, 0.717) is 12.8 Å². The Morgan fingerprint density at radius 1 is 0.524 bits per heavy atom. The van der Waals surface area contributed by atoms with Crippen LogP contribution in [-0.4, -0.2) is 11.6 Å². The summed E-state index contributed by atoms with van der Waals surface area (Å²) < 4.78 is 27.8. The number of Topliss-reactive ketones (excluding diaryl/α,β-unsaturated/α-hetero) is 2. The van der Waals surface area contributed by atoms with Crippen LogP contribution in [0.25, 0.3) is 10.8 Å². The van der Waals surface area contributed by atoms with Gasteiger partial charge < -0.3 is 10.6 Å². The predicted molar refractivity (Wildman–Crippen MR) is 159 cm³/mol. The Kier molecular flexibility index (Phi) is 5.68. The van der Waals surface area contributed by atoms with Crippen molar-refractivity contribution in [1.82, 2.24) is 0 Å². The van der Waals surface area contributed by atoms with Crippen molar-refractivity contribution >= 4 is 33.7 Å². The Morgan fingerprint density at radius 2 is 0.929 bits per heavy atom. The van der Waals surface area contributed by atoms with E-state index in [-0.39, 0.29) is 35.0 Å². The molecule has 2 unspecified atom stereocenters. The first-order valence-electron chi connectivity index (χ1n) is 14.6. The standard InChI is InChI=1S/C36H28F2N2O2/c37-21-11-7-19(8-12-21)31-25-17-16-24-23(35(25)39-27-3-1-5-29(41)33(27)31)15-18-26-32(20-9-13-22(38)14-10-20)34-28(40-36(24)26)4-2-6-30(34)42/h7-18,31-32,39-40H,1-6H2. The lowest BCUT2D eigenvalue weighted by Gasteiger charge is -2.37. The Labute approximate surface area is 242 Å². The van der Waals surface area contributed by atoms with Gasteiger partial charge in [0, 0.05) is 58.0 Å². The molecule has 2 heterocycles. The van der Waals surface area contributed by atoms with Gasteiger partial charge >= 0.3 is 0 Å². The third kappa shape index (κ3) is 3.78. The summed E-state index contributed by atoms with van der Waals surface area (Å²) in [6.45, 7) is 0. The number of fused-ring (bicyclic) bond motifs is 5. The second-order valence-corrected chi connectivity index (χ2v) is 11.7. The average molecular weight is 559 g/mol. The summed E-state index contributed by atoms with van der Waals surface area (Å²) in [6.07, 6.45) is 4.18. The molecule has 0 radical (unpaired) electrons. The number of allylic oxidation sites excluding steroid dienone is 4. The van der Waals surface area contributed by atoms with Crippen molar-refractivity contribution in [1.29, 1.82) is 0 Å². The summed E-state index contributed by atoms with van der Waals surface area (Å²) in [4.78, 5) is 26.5. The van der Waals surface area contributed by atoms with Gasteiger partial charge in [-0.1, -0.05) is 48.5 Å². The Morgan fingerprint density at radius 3 is 1.33 bits per heavy atom. The molecular formula is C36H28F2N2O2. The molecule has 0 bridgehead atoms. The second kappa shape index (κ2) is 9.48. The van der Waals surface area contributed by atoms with Gasteiger partial charge in [0.25, 0.3) is 0 Å². The number of hydrogen-bond donors (Lipinski definition) is 2. The number of hydrogen-bond acceptors (Lipinski definition) is 4. The van der Waals surface area contributed by atoms with E-state index in [0.717, 1.165) is 92.6 Å². The molecule has 2 aliphatic heterocycles. The first-order chi connectivity index (χ1) is 20.5. The van der Waals surface area contributed by atoms with Gasteiger partial charge in [0.15, 0.2) is 11.6 Å². The van der Waals surface area contributed by atoms with Crippen molar-refractivity contribution in [2.24, 2.45) is 0 Å². The monoisotopic (exact) mass is 558 g/mol. The molecule has 2 aliphatic carbocycles. The van der Waals surface area contributed by atoms with E-state index in [4.69, 9.17) is 0 Å². The molecule has 4 aromatic rings. The highest BCUT2D eigenvalue weighted by atomic mass is 19.1. The van der Waals surface area contributed by atoms with Gasteiger partial charge in [0.2, 0.25) is 0 Å². The molecule has 208 valence electrons. The van der Waals surface area contributed by atoms with E-state index in [2.05, 4.69) is 34.9 Å². The lowest BCUT2D eigenvalue weighted by atomic mass is 9.73. The molecule has 4 aliphatic rings. The number of ketones is 2. The van der Waals surface area contributed by atoms with Crippen LogP contribution in [0, 0.1) is 11.6 Å². The second-order valence-electron chi connectivity index (χ2n) is 11.7. The lowest BCUT2D eigenvalue weighted by molar-refractivity contribution is -0.117. The topological polar surface area (TPSA) is 58.2 Å². The van der Waals surface area contributed by atoms with Crippen LogP contribution >= 0.6 is 0 Å². The van der Waals surface area contributed by atoms with Gasteiger partial charge in [-0.25, -0.2) is 8.78 Å². The molecule has 8 rings (SSSR count). The maximum atomic E-state index is 13.9. The van der Waals surface area contributed by atoms with Crippen molar-refractivity contribution < 1.29 is 18.4 Å². The molecule has 6 heteroatoms. The summed E-state index contributed by atoms with van der Waals surface area (Å²) in [6, 6.07) is 21.3. The average Bonchev–Trinajstić information content (AvgIpc) is 3.00. The minimum atomic E-state index is -0.307. The van der Waals surface area contributed by atoms with Crippen LogP contribution in [0.3, 0.4) is 0 Å². The maximum absolute atomic E-state index is 13.9. The van der Waals surface area contributed by atoms with E-state index in [1.807, 2.05) is 0 Å². The van der Waals surface area contributed by atoms with Crippen LogP contribution < -0.4 is 10.6 Å². The molecule has 0 saturated heterocycles. The Balaban J connectivity index is 1.34. The number of rotatable bonds is 2. The lowest BCUT2D eigenvalue weighted by Crippen LogP contribution is -2.28. The highest BCUT2D eigenvalue weighted by Crippen LogP contribution is 2.52. The van der Waals surface area contributed by atoms with Crippen LogP contribution in [0.4, 0.5) is 20.2 Å². The minimum Gasteiger partial charge on any atom is -0.358 e. The third-order valence-electron chi connectivity index (χ3n) is 9.34. The number of benzene rings is 4. The summed E-state index contributed by atoms with van der Waals surface area (Å²) in [5.74, 6) is -0.901. The molecule has 0 spiro atoms. The molecule has 0 fully saturated rings. The smallest absolute Gasteiger partial charge is 0.161 e. The fourth-order valence-corrected chi connectivity index (χ4v) is 7.47. The summed E-state index contributed by atoms with van der Waals surface area (Å²) >= 11 is 0. The zero-order valence-corrected chi connectivity index (χ0v) is 22.9. The van der Waals surface area contributed by atoms with Crippen LogP contribution in [0.15, 0.2) is 95.3 Å². The zero-order chi connectivity index (χ0) is 28.5. The van der Waals surface area contributed by atoms with Crippen molar-refractivity contribution in [3.63, 3.8) is 0 Å². The summed E-state index contributed by atoms with van der Waals surface area (Å²) in [5, 5.41) is 9.33. The van der Waals surface area contributed by atoms with E-state index < -0.39 is 0 Å². The van der Waals surface area contributed by atoms with Crippen LogP contribution in [0.2, 0.25) is 0 Å².